The Hall–Kier alpha value is -0.940. The van der Waals surface area contributed by atoms with Gasteiger partial charge in [-0.3, -0.25) is 4.79 Å². The Morgan fingerprint density at radius 2 is 2.10 bits per heavy atom. The van der Waals surface area contributed by atoms with Gasteiger partial charge in [0, 0.05) is 14.2 Å². The summed E-state index contributed by atoms with van der Waals surface area (Å²) in [5.74, 6) is -0.535. The molecule has 5 nitrogen and oxygen atoms in total. The zero-order valence-corrected chi connectivity index (χ0v) is 5.77. The summed E-state index contributed by atoms with van der Waals surface area (Å²) >= 11 is 0. The van der Waals surface area contributed by atoms with Crippen molar-refractivity contribution in [3.63, 3.8) is 0 Å². The van der Waals surface area contributed by atoms with Gasteiger partial charge in [0.05, 0.1) is 0 Å². The first-order valence-electron chi connectivity index (χ1n) is 2.53. The minimum atomic E-state index is -0.976. The molecule has 0 unspecified atom stereocenters. The molecule has 5 heteroatoms. The fourth-order valence-corrected chi connectivity index (χ4v) is 0.446. The van der Waals surface area contributed by atoms with E-state index in [0.29, 0.717) is 0 Å². The molecule has 0 saturated heterocycles. The smallest absolute Gasteiger partial charge is 0.233 e. The van der Waals surface area contributed by atoms with Crippen LogP contribution in [0.5, 0.6) is 0 Å². The number of Topliss-reactive ketones (excluding diaryl/α,β-unsaturated/α-hetero) is 1. The Balaban J connectivity index is 3.89. The number of methoxy groups -OCH3 is 2. The maximum atomic E-state index is 10.6. The molecule has 0 aliphatic carbocycles. The number of carbonyl (C=O) groups is 1. The topological polar surface area (TPSA) is 68.1 Å². The van der Waals surface area contributed by atoms with E-state index in [1.807, 2.05) is 0 Å². The van der Waals surface area contributed by atoms with Gasteiger partial charge in [0.25, 0.3) is 0 Å². The lowest BCUT2D eigenvalue weighted by Crippen LogP contribution is -2.25. The summed E-state index contributed by atoms with van der Waals surface area (Å²) in [7, 11) is 2.63. The minimum Gasteiger partial charge on any atom is -0.411 e. The van der Waals surface area contributed by atoms with E-state index < -0.39 is 12.1 Å². The molecule has 0 rings (SSSR count). The molecule has 0 aromatic carbocycles. The molecule has 0 spiro atoms. The van der Waals surface area contributed by atoms with Crippen molar-refractivity contribution in [3.05, 3.63) is 0 Å². The molecule has 10 heavy (non-hydrogen) atoms. The number of hydrogen-bond donors (Lipinski definition) is 1. The van der Waals surface area contributed by atoms with Crippen molar-refractivity contribution in [1.29, 1.82) is 0 Å². The summed E-state index contributed by atoms with van der Waals surface area (Å²) in [5.41, 5.74) is 0. The summed E-state index contributed by atoms with van der Waals surface area (Å²) in [6, 6.07) is 0. The Bertz CT molecular complexity index is 130. The van der Waals surface area contributed by atoms with E-state index in [0.717, 1.165) is 6.21 Å². The third-order valence-electron chi connectivity index (χ3n) is 0.845. The van der Waals surface area contributed by atoms with Crippen molar-refractivity contribution < 1.29 is 19.5 Å². The molecule has 0 aromatic heterocycles. The number of ether oxygens (including phenoxy) is 2. The third kappa shape index (κ3) is 2.56. The van der Waals surface area contributed by atoms with E-state index in [4.69, 9.17) is 5.21 Å². The van der Waals surface area contributed by atoms with Crippen LogP contribution in [0.2, 0.25) is 0 Å². The lowest BCUT2D eigenvalue weighted by Gasteiger charge is -2.07. The van der Waals surface area contributed by atoms with E-state index in [1.54, 1.807) is 0 Å². The van der Waals surface area contributed by atoms with E-state index in [9.17, 15) is 4.79 Å². The van der Waals surface area contributed by atoms with Crippen LogP contribution < -0.4 is 0 Å². The second-order valence-electron chi connectivity index (χ2n) is 1.45. The molecule has 0 bridgehead atoms. The highest BCUT2D eigenvalue weighted by molar-refractivity contribution is 6.28. The summed E-state index contributed by atoms with van der Waals surface area (Å²) < 4.78 is 9.08. The first kappa shape index (κ1) is 9.06. The molecule has 0 aromatic rings. The molecule has 0 saturated carbocycles. The van der Waals surface area contributed by atoms with Crippen molar-refractivity contribution in [2.75, 3.05) is 14.2 Å². The van der Waals surface area contributed by atoms with E-state index >= 15 is 0 Å². The van der Waals surface area contributed by atoms with Gasteiger partial charge >= 0.3 is 0 Å². The van der Waals surface area contributed by atoms with Gasteiger partial charge in [-0.1, -0.05) is 5.16 Å². The van der Waals surface area contributed by atoms with Crippen molar-refractivity contribution in [3.8, 4) is 0 Å². The molecule has 0 radical (unpaired) electrons. The molecule has 0 aliphatic heterocycles. The van der Waals surface area contributed by atoms with Crippen LogP contribution in [0.4, 0.5) is 0 Å². The molecule has 0 aliphatic rings. The summed E-state index contributed by atoms with van der Waals surface area (Å²) in [6.45, 7) is 0. The quantitative estimate of drug-likeness (QED) is 0.255. The largest absolute Gasteiger partial charge is 0.411 e. The lowest BCUT2D eigenvalue weighted by molar-refractivity contribution is -0.149. The van der Waals surface area contributed by atoms with Gasteiger partial charge in [-0.15, -0.1) is 0 Å². The lowest BCUT2D eigenvalue weighted by atomic mass is 10.4. The van der Waals surface area contributed by atoms with Crippen LogP contribution in [-0.4, -0.2) is 37.7 Å². The Kier molecular flexibility index (Phi) is 4.43. The Morgan fingerprint density at radius 1 is 1.60 bits per heavy atom. The van der Waals surface area contributed by atoms with E-state index in [1.165, 1.54) is 14.2 Å². The SMILES string of the molecule is COC(OC)C(=O)/C=N/O. The first-order chi connectivity index (χ1) is 4.76. The molecule has 0 amide bonds. The fraction of sp³-hybridized carbons (Fsp3) is 0.600. The molecule has 0 atom stereocenters. The second-order valence-corrected chi connectivity index (χ2v) is 1.45. The van der Waals surface area contributed by atoms with Crippen molar-refractivity contribution in [1.82, 2.24) is 0 Å². The summed E-state index contributed by atoms with van der Waals surface area (Å²) in [6.07, 6.45) is -0.256. The average molecular weight is 147 g/mol. The molecule has 0 heterocycles. The van der Waals surface area contributed by atoms with E-state index in [2.05, 4.69) is 14.6 Å². The molecule has 0 fully saturated rings. The normalized spacial score (nSPS) is 11.1. The number of nitrogens with zero attached hydrogens (tertiary/aromatic N) is 1. The minimum absolute atomic E-state index is 0.535. The van der Waals surface area contributed by atoms with Crippen LogP contribution in [0.25, 0.3) is 0 Å². The maximum Gasteiger partial charge on any atom is 0.233 e. The van der Waals surface area contributed by atoms with Crippen LogP contribution >= 0.6 is 0 Å². The number of carbonyl (C=O) groups excluding carboxylic acids is 1. The number of oxime groups is 1. The Labute approximate surface area is 58.2 Å². The highest BCUT2D eigenvalue weighted by Gasteiger charge is 2.13. The van der Waals surface area contributed by atoms with E-state index in [-0.39, 0.29) is 0 Å². The van der Waals surface area contributed by atoms with Gasteiger partial charge in [0.15, 0.2) is 0 Å². The van der Waals surface area contributed by atoms with Crippen molar-refractivity contribution in [2.24, 2.45) is 5.16 Å². The van der Waals surface area contributed by atoms with Crippen LogP contribution in [0.15, 0.2) is 5.16 Å². The second kappa shape index (κ2) is 4.89. The van der Waals surface area contributed by atoms with Crippen molar-refractivity contribution >= 4 is 12.0 Å². The first-order valence-corrected chi connectivity index (χ1v) is 2.53. The zero-order valence-electron chi connectivity index (χ0n) is 5.77. The van der Waals surface area contributed by atoms with Gasteiger partial charge in [0.1, 0.15) is 6.21 Å². The standard InChI is InChI=1S/C5H9NO4/c1-9-5(10-2)4(7)3-6-8/h3,5,8H,1-2H3/b6-3+. The molecule has 1 N–H and O–H groups in total. The maximum absolute atomic E-state index is 10.6. The van der Waals surface area contributed by atoms with Crippen LogP contribution in [0.3, 0.4) is 0 Å². The van der Waals surface area contributed by atoms with Crippen LogP contribution in [0, 0.1) is 0 Å². The van der Waals surface area contributed by atoms with Crippen LogP contribution in [-0.2, 0) is 14.3 Å². The number of hydrogen-bond acceptors (Lipinski definition) is 5. The summed E-state index contributed by atoms with van der Waals surface area (Å²) in [5, 5.41) is 10.4. The van der Waals surface area contributed by atoms with Crippen molar-refractivity contribution in [2.45, 2.75) is 6.29 Å². The van der Waals surface area contributed by atoms with Crippen LogP contribution in [0.1, 0.15) is 0 Å². The fourth-order valence-electron chi connectivity index (χ4n) is 0.446. The predicted octanol–water partition coefficient (Wildman–Crippen LogP) is -0.366. The Morgan fingerprint density at radius 3 is 2.40 bits per heavy atom. The third-order valence-corrected chi connectivity index (χ3v) is 0.845. The van der Waals surface area contributed by atoms with Gasteiger partial charge in [-0.25, -0.2) is 0 Å². The molecular weight excluding hydrogens is 138 g/mol. The summed E-state index contributed by atoms with van der Waals surface area (Å²) in [4.78, 5) is 10.6. The molecule has 58 valence electrons. The van der Waals surface area contributed by atoms with Gasteiger partial charge in [-0.2, -0.15) is 0 Å². The number of ketones is 1. The highest BCUT2D eigenvalue weighted by Crippen LogP contribution is 1.89. The average Bonchev–Trinajstić information content (AvgIpc) is 1.91. The zero-order chi connectivity index (χ0) is 7.98. The predicted molar refractivity (Wildman–Crippen MR) is 33.1 cm³/mol. The van der Waals surface area contributed by atoms with Gasteiger partial charge in [-0.05, 0) is 0 Å². The van der Waals surface area contributed by atoms with Gasteiger partial charge < -0.3 is 14.7 Å². The molecular formula is C5H9NO4. The number of rotatable bonds is 4. The highest BCUT2D eigenvalue weighted by atomic mass is 16.7. The monoisotopic (exact) mass is 147 g/mol. The van der Waals surface area contributed by atoms with Gasteiger partial charge in [0.2, 0.25) is 12.1 Å².